The quantitative estimate of drug-likeness (QED) is 0.547. The van der Waals surface area contributed by atoms with Gasteiger partial charge >= 0.3 is 0 Å². The maximum atomic E-state index is 11.4. The summed E-state index contributed by atoms with van der Waals surface area (Å²) in [5, 5.41) is 0. The van der Waals surface area contributed by atoms with Crippen LogP contribution >= 0.6 is 0 Å². The van der Waals surface area contributed by atoms with Crippen LogP contribution in [0.1, 0.15) is 38.5 Å². The first kappa shape index (κ1) is 7.71. The molecule has 0 aromatic rings. The van der Waals surface area contributed by atoms with Crippen LogP contribution in [0.4, 0.5) is 0 Å². The molecule has 2 rings (SSSR count). The second-order valence-corrected chi connectivity index (χ2v) is 3.51. The molecule has 0 N–H and O–H groups in total. The molecule has 2 heteroatoms. The van der Waals surface area contributed by atoms with Crippen molar-refractivity contribution in [1.29, 1.82) is 0 Å². The summed E-state index contributed by atoms with van der Waals surface area (Å²) in [7, 11) is 0. The first-order valence-corrected chi connectivity index (χ1v) is 4.57. The van der Waals surface area contributed by atoms with Crippen molar-refractivity contribution >= 4 is 11.6 Å². The monoisotopic (exact) mass is 164 g/mol. The summed E-state index contributed by atoms with van der Waals surface area (Å²) >= 11 is 0. The van der Waals surface area contributed by atoms with E-state index in [0.717, 1.165) is 30.4 Å². The molecule has 0 aliphatic heterocycles. The fourth-order valence-electron chi connectivity index (χ4n) is 2.04. The molecule has 0 saturated heterocycles. The van der Waals surface area contributed by atoms with Crippen LogP contribution < -0.4 is 0 Å². The van der Waals surface area contributed by atoms with Crippen molar-refractivity contribution < 1.29 is 9.59 Å². The maximum absolute atomic E-state index is 11.4. The lowest BCUT2D eigenvalue weighted by atomic mass is 10.1. The zero-order valence-electron chi connectivity index (χ0n) is 7.06. The van der Waals surface area contributed by atoms with Gasteiger partial charge in [0.2, 0.25) is 0 Å². The molecular weight excluding hydrogens is 152 g/mol. The first-order chi connectivity index (χ1) is 5.79. The van der Waals surface area contributed by atoms with E-state index in [1.807, 2.05) is 0 Å². The van der Waals surface area contributed by atoms with E-state index in [1.165, 1.54) is 0 Å². The van der Waals surface area contributed by atoms with Crippen LogP contribution in [-0.2, 0) is 9.59 Å². The molecule has 0 atom stereocenters. The molecule has 0 radical (unpaired) electrons. The maximum Gasteiger partial charge on any atom is 0.159 e. The van der Waals surface area contributed by atoms with Crippen molar-refractivity contribution in [3.05, 3.63) is 11.1 Å². The van der Waals surface area contributed by atoms with E-state index in [2.05, 4.69) is 0 Å². The van der Waals surface area contributed by atoms with Gasteiger partial charge in [-0.3, -0.25) is 9.59 Å². The second kappa shape index (κ2) is 2.85. The number of Topliss-reactive ketones (excluding diaryl/α,β-unsaturated/α-hetero) is 2. The lowest BCUT2D eigenvalue weighted by Gasteiger charge is -1.97. The van der Waals surface area contributed by atoms with Gasteiger partial charge < -0.3 is 0 Å². The third-order valence-corrected chi connectivity index (χ3v) is 2.72. The molecule has 12 heavy (non-hydrogen) atoms. The van der Waals surface area contributed by atoms with Crippen LogP contribution in [-0.4, -0.2) is 11.6 Å². The van der Waals surface area contributed by atoms with Crippen LogP contribution in [0, 0.1) is 0 Å². The van der Waals surface area contributed by atoms with Crippen LogP contribution in [0.3, 0.4) is 0 Å². The molecule has 0 unspecified atom stereocenters. The van der Waals surface area contributed by atoms with E-state index in [4.69, 9.17) is 0 Å². The average molecular weight is 164 g/mol. The Kier molecular flexibility index (Phi) is 1.83. The van der Waals surface area contributed by atoms with Crippen molar-refractivity contribution in [3.63, 3.8) is 0 Å². The Bertz CT molecular complexity index is 274. The van der Waals surface area contributed by atoms with Gasteiger partial charge in [0.15, 0.2) is 11.6 Å². The summed E-state index contributed by atoms with van der Waals surface area (Å²) in [5.74, 6) is 0.452. The summed E-state index contributed by atoms with van der Waals surface area (Å²) in [6, 6.07) is 0. The molecule has 2 aliphatic carbocycles. The number of allylic oxidation sites excluding steroid dienone is 2. The molecule has 0 aromatic heterocycles. The molecule has 0 bridgehead atoms. The van der Waals surface area contributed by atoms with Gasteiger partial charge in [-0.25, -0.2) is 0 Å². The lowest BCUT2D eigenvalue weighted by molar-refractivity contribution is -0.116. The minimum absolute atomic E-state index is 0.222. The fourth-order valence-corrected chi connectivity index (χ4v) is 2.04. The van der Waals surface area contributed by atoms with E-state index >= 15 is 0 Å². The van der Waals surface area contributed by atoms with Crippen LogP contribution in [0.2, 0.25) is 0 Å². The smallest absolute Gasteiger partial charge is 0.159 e. The predicted molar refractivity (Wildman–Crippen MR) is 44.7 cm³/mol. The van der Waals surface area contributed by atoms with E-state index in [0.29, 0.717) is 19.3 Å². The summed E-state index contributed by atoms with van der Waals surface area (Å²) < 4.78 is 0. The number of carbonyl (C=O) groups excluding carboxylic acids is 2. The summed E-state index contributed by atoms with van der Waals surface area (Å²) in [6.45, 7) is 0. The third kappa shape index (κ3) is 1.11. The number of carbonyl (C=O) groups is 2. The zero-order chi connectivity index (χ0) is 8.55. The summed E-state index contributed by atoms with van der Waals surface area (Å²) in [4.78, 5) is 22.7. The Morgan fingerprint density at radius 2 is 1.25 bits per heavy atom. The minimum atomic E-state index is 0.222. The molecule has 0 amide bonds. The van der Waals surface area contributed by atoms with Gasteiger partial charge in [-0.05, 0) is 25.7 Å². The van der Waals surface area contributed by atoms with E-state index < -0.39 is 0 Å². The zero-order valence-corrected chi connectivity index (χ0v) is 7.06. The molecule has 2 aliphatic rings. The predicted octanol–water partition coefficient (Wildman–Crippen LogP) is 1.79. The highest BCUT2D eigenvalue weighted by Crippen LogP contribution is 2.31. The number of ketones is 2. The van der Waals surface area contributed by atoms with Gasteiger partial charge in [0.25, 0.3) is 0 Å². The number of hydrogen-bond donors (Lipinski definition) is 0. The van der Waals surface area contributed by atoms with Gasteiger partial charge in [0, 0.05) is 24.0 Å². The van der Waals surface area contributed by atoms with Gasteiger partial charge in [-0.1, -0.05) is 0 Å². The van der Waals surface area contributed by atoms with Crippen molar-refractivity contribution in [3.8, 4) is 0 Å². The number of hydrogen-bond acceptors (Lipinski definition) is 2. The standard InChI is InChI=1S/C10H12O2/c11-9-4-2-1-3-7-8(9)5-6-10(7)12/h1-6H2. The highest BCUT2D eigenvalue weighted by molar-refractivity contribution is 6.10. The Balaban J connectivity index is 2.35. The van der Waals surface area contributed by atoms with Crippen molar-refractivity contribution in [2.45, 2.75) is 38.5 Å². The second-order valence-electron chi connectivity index (χ2n) is 3.51. The molecule has 2 nitrogen and oxygen atoms in total. The van der Waals surface area contributed by atoms with Gasteiger partial charge in [-0.15, -0.1) is 0 Å². The van der Waals surface area contributed by atoms with Crippen molar-refractivity contribution in [1.82, 2.24) is 0 Å². The first-order valence-electron chi connectivity index (χ1n) is 4.57. The van der Waals surface area contributed by atoms with Gasteiger partial charge in [0.1, 0.15) is 0 Å². The molecule has 0 aromatic carbocycles. The molecular formula is C10H12O2. The summed E-state index contributed by atoms with van der Waals surface area (Å²) in [6.07, 6.45) is 4.77. The van der Waals surface area contributed by atoms with E-state index in [-0.39, 0.29) is 11.6 Å². The van der Waals surface area contributed by atoms with Crippen molar-refractivity contribution in [2.24, 2.45) is 0 Å². The van der Waals surface area contributed by atoms with E-state index in [9.17, 15) is 9.59 Å². The minimum Gasteiger partial charge on any atom is -0.295 e. The fraction of sp³-hybridized carbons (Fsp3) is 0.600. The highest BCUT2D eigenvalue weighted by Gasteiger charge is 2.28. The Hall–Kier alpha value is -0.920. The van der Waals surface area contributed by atoms with Crippen LogP contribution in [0.25, 0.3) is 0 Å². The summed E-state index contributed by atoms with van der Waals surface area (Å²) in [5.41, 5.74) is 1.72. The Morgan fingerprint density at radius 1 is 0.667 bits per heavy atom. The normalized spacial score (nSPS) is 24.3. The largest absolute Gasteiger partial charge is 0.295 e. The molecule has 0 saturated carbocycles. The SMILES string of the molecule is O=C1CCC2=C1CCCCC2=O. The van der Waals surface area contributed by atoms with Gasteiger partial charge in [-0.2, -0.15) is 0 Å². The van der Waals surface area contributed by atoms with Crippen LogP contribution in [0.15, 0.2) is 11.1 Å². The molecule has 0 spiro atoms. The lowest BCUT2D eigenvalue weighted by Crippen LogP contribution is -1.99. The molecule has 0 fully saturated rings. The molecule has 0 heterocycles. The highest BCUT2D eigenvalue weighted by atomic mass is 16.1. The number of rotatable bonds is 0. The van der Waals surface area contributed by atoms with Crippen LogP contribution in [0.5, 0.6) is 0 Å². The van der Waals surface area contributed by atoms with E-state index in [1.54, 1.807) is 0 Å². The van der Waals surface area contributed by atoms with Crippen molar-refractivity contribution in [2.75, 3.05) is 0 Å². The Morgan fingerprint density at radius 3 is 2.08 bits per heavy atom. The molecule has 64 valence electrons. The topological polar surface area (TPSA) is 34.1 Å². The average Bonchev–Trinajstić information content (AvgIpc) is 2.30. The van der Waals surface area contributed by atoms with Gasteiger partial charge in [0.05, 0.1) is 0 Å². The third-order valence-electron chi connectivity index (χ3n) is 2.72. The Labute approximate surface area is 71.6 Å².